The summed E-state index contributed by atoms with van der Waals surface area (Å²) in [5, 5.41) is 11.5. The van der Waals surface area contributed by atoms with Crippen LogP contribution in [-0.2, 0) is 4.74 Å². The Morgan fingerprint density at radius 3 is 2.47 bits per heavy atom. The predicted octanol–water partition coefficient (Wildman–Crippen LogP) is 1.40. The van der Waals surface area contributed by atoms with E-state index in [2.05, 4.69) is 44.8 Å². The van der Waals surface area contributed by atoms with Crippen LogP contribution in [0, 0.1) is 0 Å². The Kier molecular flexibility index (Phi) is 4.04. The molecule has 1 fully saturated rings. The molecule has 17 heavy (non-hydrogen) atoms. The molecular weight excluding hydrogens is 218 g/mol. The van der Waals surface area contributed by atoms with Crippen LogP contribution in [0.1, 0.15) is 40.5 Å². The van der Waals surface area contributed by atoms with Gasteiger partial charge in [-0.05, 0) is 41.2 Å². The van der Waals surface area contributed by atoms with Gasteiger partial charge < -0.3 is 20.6 Å². The molecule has 0 aromatic rings. The van der Waals surface area contributed by atoms with Crippen molar-refractivity contribution in [2.75, 3.05) is 13.6 Å². The quantitative estimate of drug-likeness (QED) is 0.339. The average molecular weight is 243 g/mol. The highest BCUT2D eigenvalue weighted by Crippen LogP contribution is 2.39. The van der Waals surface area contributed by atoms with E-state index < -0.39 is 0 Å². The third kappa shape index (κ3) is 3.57. The van der Waals surface area contributed by atoms with Gasteiger partial charge in [-0.2, -0.15) is 0 Å². The summed E-state index contributed by atoms with van der Waals surface area (Å²) in [7, 11) is 2.06. The van der Waals surface area contributed by atoms with Crippen molar-refractivity contribution >= 4 is 5.84 Å². The van der Waals surface area contributed by atoms with E-state index in [9.17, 15) is 0 Å². The molecule has 0 bridgehead atoms. The molecule has 1 saturated heterocycles. The van der Waals surface area contributed by atoms with Crippen molar-refractivity contribution < 1.29 is 9.94 Å². The second kappa shape index (κ2) is 4.82. The Hall–Kier alpha value is -0.810. The summed E-state index contributed by atoms with van der Waals surface area (Å²) < 4.78 is 6.05. The Balaban J connectivity index is 2.60. The Morgan fingerprint density at radius 2 is 2.06 bits per heavy atom. The van der Waals surface area contributed by atoms with Crippen molar-refractivity contribution in [3.63, 3.8) is 0 Å². The fraction of sp³-hybridized carbons (Fsp3) is 0.917. The summed E-state index contributed by atoms with van der Waals surface area (Å²) in [4.78, 5) is 2.23. The van der Waals surface area contributed by atoms with Crippen LogP contribution >= 0.6 is 0 Å². The highest BCUT2D eigenvalue weighted by molar-refractivity contribution is 5.79. The molecule has 0 aromatic carbocycles. The monoisotopic (exact) mass is 243 g/mol. The largest absolute Gasteiger partial charge is 0.409 e. The van der Waals surface area contributed by atoms with E-state index in [1.165, 1.54) is 0 Å². The lowest BCUT2D eigenvalue weighted by molar-refractivity contribution is -0.0784. The van der Waals surface area contributed by atoms with E-state index in [0.29, 0.717) is 12.5 Å². The number of hydrogen-bond donors (Lipinski definition) is 2. The third-order valence-corrected chi connectivity index (χ3v) is 3.41. The summed E-state index contributed by atoms with van der Waals surface area (Å²) in [5.41, 5.74) is 5.24. The number of nitrogens with two attached hydrogens (primary N) is 1. The van der Waals surface area contributed by atoms with Gasteiger partial charge in [0.25, 0.3) is 0 Å². The maximum Gasteiger partial charge on any atom is 0.140 e. The molecule has 3 N–H and O–H groups in total. The molecule has 0 amide bonds. The number of likely N-dealkylation sites (N-methyl/N-ethyl adjacent to an activating group) is 1. The Bertz CT molecular complexity index is 300. The number of oxime groups is 1. The molecule has 0 aromatic heterocycles. The van der Waals surface area contributed by atoms with Gasteiger partial charge in [-0.15, -0.1) is 0 Å². The van der Waals surface area contributed by atoms with Crippen LogP contribution in [0.5, 0.6) is 0 Å². The van der Waals surface area contributed by atoms with Crippen LogP contribution in [-0.4, -0.2) is 46.8 Å². The van der Waals surface area contributed by atoms with Crippen molar-refractivity contribution in [3.8, 4) is 0 Å². The topological polar surface area (TPSA) is 71.1 Å². The number of nitrogens with zero attached hydrogens (tertiary/aromatic N) is 2. The smallest absolute Gasteiger partial charge is 0.140 e. The van der Waals surface area contributed by atoms with Crippen LogP contribution in [0.2, 0.25) is 0 Å². The first-order valence-corrected chi connectivity index (χ1v) is 6.05. The molecule has 0 spiro atoms. The van der Waals surface area contributed by atoms with Gasteiger partial charge in [0.15, 0.2) is 0 Å². The molecule has 1 unspecified atom stereocenters. The first-order valence-electron chi connectivity index (χ1n) is 6.05. The molecule has 5 nitrogen and oxygen atoms in total. The number of amidine groups is 1. The lowest BCUT2D eigenvalue weighted by Gasteiger charge is -2.33. The zero-order valence-electron chi connectivity index (χ0n) is 11.5. The molecule has 100 valence electrons. The minimum atomic E-state index is -0.163. The molecule has 0 saturated carbocycles. The summed E-state index contributed by atoms with van der Waals surface area (Å²) in [5.74, 6) is 0.271. The van der Waals surface area contributed by atoms with Gasteiger partial charge in [0.1, 0.15) is 5.84 Å². The maximum atomic E-state index is 8.52. The van der Waals surface area contributed by atoms with E-state index in [0.717, 1.165) is 13.0 Å². The van der Waals surface area contributed by atoms with E-state index in [1.807, 2.05) is 0 Å². The van der Waals surface area contributed by atoms with Crippen LogP contribution in [0.25, 0.3) is 0 Å². The van der Waals surface area contributed by atoms with E-state index in [-0.39, 0.29) is 17.0 Å². The second-order valence-electron chi connectivity index (χ2n) is 6.01. The molecule has 5 heteroatoms. The Morgan fingerprint density at radius 1 is 1.47 bits per heavy atom. The summed E-state index contributed by atoms with van der Waals surface area (Å²) in [6.07, 6.45) is 1.56. The molecule has 1 atom stereocenters. The van der Waals surface area contributed by atoms with Gasteiger partial charge in [-0.1, -0.05) is 5.16 Å². The molecule has 1 heterocycles. The van der Waals surface area contributed by atoms with Gasteiger partial charge in [0, 0.05) is 19.0 Å². The van der Waals surface area contributed by atoms with Gasteiger partial charge in [0.2, 0.25) is 0 Å². The van der Waals surface area contributed by atoms with E-state index in [4.69, 9.17) is 15.7 Å². The molecule has 1 aliphatic rings. The van der Waals surface area contributed by atoms with Crippen LogP contribution in [0.3, 0.4) is 0 Å². The Labute approximate surface area is 104 Å². The van der Waals surface area contributed by atoms with Gasteiger partial charge in [0.05, 0.1) is 11.2 Å². The fourth-order valence-corrected chi connectivity index (χ4v) is 2.72. The lowest BCUT2D eigenvalue weighted by atomic mass is 9.93. The number of hydrogen-bond acceptors (Lipinski definition) is 4. The second-order valence-corrected chi connectivity index (χ2v) is 6.01. The number of ether oxygens (including phenoxy) is 1. The molecule has 1 rings (SSSR count). The van der Waals surface area contributed by atoms with Crippen molar-refractivity contribution in [2.24, 2.45) is 10.9 Å². The average Bonchev–Trinajstić information content (AvgIpc) is 2.42. The van der Waals surface area contributed by atoms with Crippen LogP contribution in [0.15, 0.2) is 5.16 Å². The van der Waals surface area contributed by atoms with Crippen LogP contribution in [0.4, 0.5) is 0 Å². The number of rotatable bonds is 4. The van der Waals surface area contributed by atoms with Gasteiger partial charge in [-0.25, -0.2) is 0 Å². The first kappa shape index (κ1) is 14.3. The first-order chi connectivity index (χ1) is 7.68. The lowest BCUT2D eigenvalue weighted by Crippen LogP contribution is -2.45. The van der Waals surface area contributed by atoms with Crippen molar-refractivity contribution in [1.29, 1.82) is 0 Å². The van der Waals surface area contributed by atoms with Crippen molar-refractivity contribution in [3.05, 3.63) is 0 Å². The highest BCUT2D eigenvalue weighted by Gasteiger charge is 2.47. The minimum absolute atomic E-state index is 0.0843. The summed E-state index contributed by atoms with van der Waals surface area (Å²) in [6.45, 7) is 9.24. The van der Waals surface area contributed by atoms with Gasteiger partial charge in [-0.3, -0.25) is 0 Å². The molecule has 1 aliphatic heterocycles. The summed E-state index contributed by atoms with van der Waals surface area (Å²) in [6, 6.07) is 0.351. The predicted molar refractivity (Wildman–Crippen MR) is 68.3 cm³/mol. The molecular formula is C12H25N3O2. The fourth-order valence-electron chi connectivity index (χ4n) is 2.72. The van der Waals surface area contributed by atoms with Crippen molar-refractivity contribution in [1.82, 2.24) is 4.90 Å². The van der Waals surface area contributed by atoms with E-state index in [1.54, 1.807) is 0 Å². The van der Waals surface area contributed by atoms with E-state index >= 15 is 0 Å². The maximum absolute atomic E-state index is 8.52. The summed E-state index contributed by atoms with van der Waals surface area (Å²) >= 11 is 0. The third-order valence-electron chi connectivity index (χ3n) is 3.41. The van der Waals surface area contributed by atoms with Crippen LogP contribution < -0.4 is 5.73 Å². The zero-order chi connectivity index (χ0) is 13.3. The SMILES string of the molecule is CN(CCC(N)=NO)C1CC(C)(C)OC1(C)C. The zero-order valence-corrected chi connectivity index (χ0v) is 11.5. The molecule has 0 aliphatic carbocycles. The van der Waals surface area contributed by atoms with Crippen molar-refractivity contribution in [2.45, 2.75) is 57.8 Å². The molecule has 0 radical (unpaired) electrons. The minimum Gasteiger partial charge on any atom is -0.409 e. The standard InChI is InChI=1S/C12H25N3O2/c1-11(2)8-9(12(3,4)17-11)15(5)7-6-10(13)14-16/h9,16H,6-8H2,1-5H3,(H2,13,14). The van der Waals surface area contributed by atoms with Gasteiger partial charge >= 0.3 is 0 Å². The highest BCUT2D eigenvalue weighted by atomic mass is 16.5. The normalized spacial score (nSPS) is 27.6.